The Morgan fingerprint density at radius 1 is 0.735 bits per heavy atom. The van der Waals surface area contributed by atoms with Gasteiger partial charge >= 0.3 is 0 Å². The molecular formula is C27H27NO6. The lowest BCUT2D eigenvalue weighted by atomic mass is 10.1. The molecule has 0 atom stereocenters. The minimum atomic E-state index is -0.354. The van der Waals surface area contributed by atoms with Crippen molar-refractivity contribution in [3.63, 3.8) is 0 Å². The molecule has 3 aromatic carbocycles. The number of rotatable bonds is 9. The number of benzene rings is 3. The Morgan fingerprint density at radius 3 is 1.88 bits per heavy atom. The highest BCUT2D eigenvalue weighted by Crippen LogP contribution is 2.39. The minimum Gasteiger partial charge on any atom is -0.504 e. The van der Waals surface area contributed by atoms with Gasteiger partial charge in [-0.05, 0) is 47.0 Å². The largest absolute Gasteiger partial charge is 0.504 e. The van der Waals surface area contributed by atoms with Crippen LogP contribution in [0.1, 0.15) is 16.7 Å². The topological polar surface area (TPSA) is 86.2 Å². The molecule has 34 heavy (non-hydrogen) atoms. The van der Waals surface area contributed by atoms with Crippen LogP contribution in [0.15, 0.2) is 60.7 Å². The number of phenolic OH excluding ortho intramolecular Hbond substituents is 1. The van der Waals surface area contributed by atoms with Gasteiger partial charge in [-0.3, -0.25) is 4.79 Å². The Hall–Kier alpha value is -4.39. The van der Waals surface area contributed by atoms with E-state index in [-0.39, 0.29) is 17.4 Å². The maximum absolute atomic E-state index is 12.5. The average molecular weight is 462 g/mol. The summed E-state index contributed by atoms with van der Waals surface area (Å²) < 4.78 is 21.4. The smallest absolute Gasteiger partial charge is 0.248 e. The molecule has 7 heteroatoms. The second-order valence-corrected chi connectivity index (χ2v) is 7.15. The molecule has 7 nitrogen and oxygen atoms in total. The number of methoxy groups -OCH3 is 4. The summed E-state index contributed by atoms with van der Waals surface area (Å²) in [6.45, 7) is 0. The fraction of sp³-hybridized carbons (Fsp3) is 0.148. The van der Waals surface area contributed by atoms with E-state index in [1.165, 1.54) is 13.2 Å². The molecule has 0 bridgehead atoms. The van der Waals surface area contributed by atoms with Crippen LogP contribution in [0.2, 0.25) is 0 Å². The molecule has 0 saturated carbocycles. The van der Waals surface area contributed by atoms with Crippen molar-refractivity contribution >= 4 is 29.8 Å². The summed E-state index contributed by atoms with van der Waals surface area (Å²) >= 11 is 0. The van der Waals surface area contributed by atoms with E-state index in [0.29, 0.717) is 28.5 Å². The van der Waals surface area contributed by atoms with Crippen LogP contribution in [0.5, 0.6) is 28.7 Å². The Balaban J connectivity index is 1.87. The minimum absolute atomic E-state index is 0.100. The molecule has 1 amide bonds. The van der Waals surface area contributed by atoms with E-state index in [1.54, 1.807) is 57.7 Å². The zero-order valence-electron chi connectivity index (χ0n) is 19.5. The molecule has 3 aromatic rings. The van der Waals surface area contributed by atoms with Crippen LogP contribution in [0.3, 0.4) is 0 Å². The SMILES string of the molecule is COc1cc(C=Cc2cc(O)c(OC)c(NC(=O)C=Cc3ccccc3)c2)cc(OC)c1OC. The number of nitrogens with one attached hydrogen (secondary N) is 1. The summed E-state index contributed by atoms with van der Waals surface area (Å²) in [6.07, 6.45) is 6.74. The Kier molecular flexibility index (Phi) is 8.18. The van der Waals surface area contributed by atoms with Crippen molar-refractivity contribution in [2.45, 2.75) is 0 Å². The van der Waals surface area contributed by atoms with Crippen LogP contribution in [-0.2, 0) is 4.79 Å². The van der Waals surface area contributed by atoms with Gasteiger partial charge < -0.3 is 29.4 Å². The first kappa shape index (κ1) is 24.3. The third-order valence-corrected chi connectivity index (χ3v) is 4.94. The van der Waals surface area contributed by atoms with Crippen molar-refractivity contribution < 1.29 is 28.8 Å². The molecule has 2 N–H and O–H groups in total. The molecule has 0 aliphatic heterocycles. The Bertz CT molecular complexity index is 1180. The van der Waals surface area contributed by atoms with E-state index >= 15 is 0 Å². The van der Waals surface area contributed by atoms with Gasteiger partial charge in [-0.25, -0.2) is 0 Å². The van der Waals surface area contributed by atoms with E-state index < -0.39 is 0 Å². The zero-order valence-corrected chi connectivity index (χ0v) is 19.5. The molecule has 3 rings (SSSR count). The number of hydrogen-bond donors (Lipinski definition) is 2. The van der Waals surface area contributed by atoms with Crippen LogP contribution < -0.4 is 24.3 Å². The average Bonchev–Trinajstić information content (AvgIpc) is 2.86. The van der Waals surface area contributed by atoms with Crippen LogP contribution in [0.4, 0.5) is 5.69 Å². The highest BCUT2D eigenvalue weighted by Gasteiger charge is 2.14. The number of carbonyl (C=O) groups excluding carboxylic acids is 1. The normalized spacial score (nSPS) is 10.9. The summed E-state index contributed by atoms with van der Waals surface area (Å²) in [7, 11) is 6.07. The van der Waals surface area contributed by atoms with Crippen molar-refractivity contribution in [3.8, 4) is 28.7 Å². The summed E-state index contributed by atoms with van der Waals surface area (Å²) in [4.78, 5) is 12.5. The molecule has 0 heterocycles. The predicted molar refractivity (Wildman–Crippen MR) is 134 cm³/mol. The molecule has 0 aliphatic carbocycles. The second kappa shape index (κ2) is 11.5. The van der Waals surface area contributed by atoms with E-state index in [2.05, 4.69) is 5.32 Å². The van der Waals surface area contributed by atoms with Crippen LogP contribution in [-0.4, -0.2) is 39.5 Å². The highest BCUT2D eigenvalue weighted by atomic mass is 16.5. The first-order valence-electron chi connectivity index (χ1n) is 10.4. The highest BCUT2D eigenvalue weighted by molar-refractivity contribution is 6.03. The molecule has 0 fully saturated rings. The number of carbonyl (C=O) groups is 1. The third kappa shape index (κ3) is 5.89. The summed E-state index contributed by atoms with van der Waals surface area (Å²) in [5, 5.41) is 13.2. The third-order valence-electron chi connectivity index (χ3n) is 4.94. The fourth-order valence-corrected chi connectivity index (χ4v) is 3.34. The number of phenols is 1. The first-order valence-corrected chi connectivity index (χ1v) is 10.4. The number of aromatic hydroxyl groups is 1. The van der Waals surface area contributed by atoms with E-state index in [1.807, 2.05) is 36.4 Å². The van der Waals surface area contributed by atoms with Gasteiger partial charge in [0.1, 0.15) is 0 Å². The predicted octanol–water partition coefficient (Wildman–Crippen LogP) is 5.25. The monoisotopic (exact) mass is 461 g/mol. The quantitative estimate of drug-likeness (QED) is 0.334. The van der Waals surface area contributed by atoms with Crippen molar-refractivity contribution in [2.75, 3.05) is 33.8 Å². The van der Waals surface area contributed by atoms with Gasteiger partial charge in [-0.2, -0.15) is 0 Å². The molecule has 0 saturated heterocycles. The molecule has 0 spiro atoms. The van der Waals surface area contributed by atoms with Crippen LogP contribution >= 0.6 is 0 Å². The Morgan fingerprint density at radius 2 is 1.32 bits per heavy atom. The Labute approximate surface area is 198 Å². The van der Waals surface area contributed by atoms with E-state index in [0.717, 1.165) is 11.1 Å². The molecule has 176 valence electrons. The van der Waals surface area contributed by atoms with Gasteiger partial charge in [0.05, 0.1) is 34.1 Å². The van der Waals surface area contributed by atoms with Crippen molar-refractivity contribution in [3.05, 3.63) is 77.4 Å². The van der Waals surface area contributed by atoms with Crippen LogP contribution in [0, 0.1) is 0 Å². The number of amides is 1. The molecule has 0 aliphatic rings. The maximum atomic E-state index is 12.5. The van der Waals surface area contributed by atoms with E-state index in [4.69, 9.17) is 18.9 Å². The van der Waals surface area contributed by atoms with Gasteiger partial charge in [0.2, 0.25) is 11.7 Å². The summed E-state index contributed by atoms with van der Waals surface area (Å²) in [5.74, 6) is 1.27. The van der Waals surface area contributed by atoms with Gasteiger partial charge in [-0.1, -0.05) is 42.5 Å². The standard InChI is InChI=1S/C27H27NO6/c1-31-23-16-20(17-24(32-2)27(23)34-4)11-10-19-14-21(26(33-3)22(29)15-19)28-25(30)13-12-18-8-6-5-7-9-18/h5-17,29H,1-4H3,(H,28,30). The van der Waals surface area contributed by atoms with Gasteiger partial charge in [0, 0.05) is 6.08 Å². The summed E-state index contributed by atoms with van der Waals surface area (Å²) in [6, 6.07) is 16.3. The maximum Gasteiger partial charge on any atom is 0.248 e. The lowest BCUT2D eigenvalue weighted by molar-refractivity contribution is -0.111. The lowest BCUT2D eigenvalue weighted by Gasteiger charge is -2.13. The van der Waals surface area contributed by atoms with Crippen molar-refractivity contribution in [1.82, 2.24) is 0 Å². The van der Waals surface area contributed by atoms with Gasteiger partial charge in [0.25, 0.3) is 0 Å². The number of hydrogen-bond acceptors (Lipinski definition) is 6. The second-order valence-electron chi connectivity index (χ2n) is 7.15. The van der Waals surface area contributed by atoms with E-state index in [9.17, 15) is 9.90 Å². The lowest BCUT2D eigenvalue weighted by Crippen LogP contribution is -2.09. The molecule has 0 unspecified atom stereocenters. The number of anilines is 1. The molecule has 0 aromatic heterocycles. The van der Waals surface area contributed by atoms with Gasteiger partial charge in [0.15, 0.2) is 23.0 Å². The van der Waals surface area contributed by atoms with Crippen LogP contribution in [0.25, 0.3) is 18.2 Å². The van der Waals surface area contributed by atoms with Gasteiger partial charge in [-0.15, -0.1) is 0 Å². The fourth-order valence-electron chi connectivity index (χ4n) is 3.34. The number of ether oxygens (including phenoxy) is 4. The zero-order chi connectivity index (χ0) is 24.5. The first-order chi connectivity index (χ1) is 16.5. The van der Waals surface area contributed by atoms with Crippen molar-refractivity contribution in [1.29, 1.82) is 0 Å². The molecule has 0 radical (unpaired) electrons. The summed E-state index contributed by atoms with van der Waals surface area (Å²) in [5.41, 5.74) is 2.68. The molecular weight excluding hydrogens is 434 g/mol. The van der Waals surface area contributed by atoms with Crippen molar-refractivity contribution in [2.24, 2.45) is 0 Å².